The molecule has 2 rings (SSSR count). The molecule has 1 aliphatic rings. The Hall–Kier alpha value is -0.650. The summed E-state index contributed by atoms with van der Waals surface area (Å²) in [6.45, 7) is 9.93. The second-order valence-electron chi connectivity index (χ2n) is 6.33. The number of aryl methyl sites for hydroxylation is 1. The molecule has 0 amide bonds. The van der Waals surface area contributed by atoms with Crippen molar-refractivity contribution < 1.29 is 0 Å². The van der Waals surface area contributed by atoms with E-state index < -0.39 is 0 Å². The first-order valence-corrected chi connectivity index (χ1v) is 8.96. The lowest BCUT2D eigenvalue weighted by atomic mass is 10.1. The van der Waals surface area contributed by atoms with Crippen LogP contribution in [0.15, 0.2) is 0 Å². The maximum atomic E-state index is 4.84. The molecule has 2 atom stereocenters. The minimum absolute atomic E-state index is 0.408. The van der Waals surface area contributed by atoms with Crippen molar-refractivity contribution in [3.05, 3.63) is 10.6 Å². The summed E-state index contributed by atoms with van der Waals surface area (Å²) >= 11 is 1.87. The number of nitrogens with one attached hydrogen (secondary N) is 1. The zero-order chi connectivity index (χ0) is 15.4. The molecular weight excluding hydrogens is 280 g/mol. The van der Waals surface area contributed by atoms with Crippen LogP contribution in [0.2, 0.25) is 0 Å². The molecule has 1 aromatic heterocycles. The summed E-state index contributed by atoms with van der Waals surface area (Å²) in [5.74, 6) is 0. The topological polar surface area (TPSA) is 31.4 Å². The number of hydrogen-bond donors (Lipinski definition) is 1. The number of hydrogen-bond acceptors (Lipinski definition) is 5. The van der Waals surface area contributed by atoms with Gasteiger partial charge in [-0.25, -0.2) is 4.98 Å². The average Bonchev–Trinajstić information content (AvgIpc) is 2.87. The van der Waals surface area contributed by atoms with E-state index in [2.05, 4.69) is 50.0 Å². The quantitative estimate of drug-likeness (QED) is 0.875. The van der Waals surface area contributed by atoms with E-state index in [1.54, 1.807) is 0 Å². The van der Waals surface area contributed by atoms with Crippen LogP contribution in [-0.4, -0.2) is 49.7 Å². The average molecular weight is 311 g/mol. The molecule has 0 saturated carbocycles. The van der Waals surface area contributed by atoms with Crippen LogP contribution < -0.4 is 10.2 Å². The number of rotatable bonds is 6. The Morgan fingerprint density at radius 1 is 1.48 bits per heavy atom. The molecule has 120 valence electrons. The number of thiazole rings is 1. The SMILES string of the molecule is CCCNC(C)c1sc(N2CCCC(N(C)C)C2)nc1C. The van der Waals surface area contributed by atoms with E-state index in [0.29, 0.717) is 12.1 Å². The summed E-state index contributed by atoms with van der Waals surface area (Å²) in [5.41, 5.74) is 1.19. The van der Waals surface area contributed by atoms with Crippen molar-refractivity contribution in [3.8, 4) is 0 Å². The molecular formula is C16H30N4S. The van der Waals surface area contributed by atoms with Crippen LogP contribution in [0.3, 0.4) is 0 Å². The van der Waals surface area contributed by atoms with E-state index in [-0.39, 0.29) is 0 Å². The number of anilines is 1. The Morgan fingerprint density at radius 2 is 2.24 bits per heavy atom. The Balaban J connectivity index is 2.07. The standard InChI is InChI=1S/C16H30N4S/c1-6-9-17-12(2)15-13(3)18-16(21-15)20-10-7-8-14(11-20)19(4)5/h12,14,17H,6-11H2,1-5H3. The van der Waals surface area contributed by atoms with Gasteiger partial charge in [0, 0.05) is 30.1 Å². The van der Waals surface area contributed by atoms with Crippen LogP contribution in [0.4, 0.5) is 5.13 Å². The lowest BCUT2D eigenvalue weighted by Crippen LogP contribution is -2.45. The van der Waals surface area contributed by atoms with Crippen LogP contribution in [-0.2, 0) is 0 Å². The number of aromatic nitrogens is 1. The largest absolute Gasteiger partial charge is 0.347 e. The van der Waals surface area contributed by atoms with E-state index in [1.165, 1.54) is 35.0 Å². The van der Waals surface area contributed by atoms with Gasteiger partial charge in [-0.2, -0.15) is 0 Å². The smallest absolute Gasteiger partial charge is 0.185 e. The van der Waals surface area contributed by atoms with E-state index in [9.17, 15) is 0 Å². The highest BCUT2D eigenvalue weighted by atomic mass is 32.1. The van der Waals surface area contributed by atoms with Crippen molar-refractivity contribution in [2.75, 3.05) is 38.6 Å². The van der Waals surface area contributed by atoms with Gasteiger partial charge >= 0.3 is 0 Å². The minimum atomic E-state index is 0.408. The third-order valence-electron chi connectivity index (χ3n) is 4.31. The number of likely N-dealkylation sites (N-methyl/N-ethyl adjacent to an activating group) is 1. The molecule has 0 radical (unpaired) electrons. The molecule has 5 heteroatoms. The van der Waals surface area contributed by atoms with Crippen LogP contribution in [0.1, 0.15) is 49.7 Å². The third-order valence-corrected chi connectivity index (χ3v) is 5.71. The maximum Gasteiger partial charge on any atom is 0.185 e. The predicted molar refractivity (Wildman–Crippen MR) is 92.5 cm³/mol. The van der Waals surface area contributed by atoms with Crippen molar-refractivity contribution in [2.24, 2.45) is 0 Å². The van der Waals surface area contributed by atoms with Crippen molar-refractivity contribution in [1.29, 1.82) is 0 Å². The molecule has 1 fully saturated rings. The Kier molecular flexibility index (Phi) is 6.02. The molecule has 2 unspecified atom stereocenters. The zero-order valence-corrected chi connectivity index (χ0v) is 15.0. The van der Waals surface area contributed by atoms with Gasteiger partial charge in [-0.05, 0) is 53.8 Å². The molecule has 0 spiro atoms. The summed E-state index contributed by atoms with van der Waals surface area (Å²) in [6.07, 6.45) is 3.74. The Morgan fingerprint density at radius 3 is 2.90 bits per heavy atom. The van der Waals surface area contributed by atoms with Crippen LogP contribution in [0.25, 0.3) is 0 Å². The van der Waals surface area contributed by atoms with E-state index >= 15 is 0 Å². The van der Waals surface area contributed by atoms with Crippen LogP contribution in [0, 0.1) is 6.92 Å². The van der Waals surface area contributed by atoms with Gasteiger partial charge in [0.05, 0.1) is 5.69 Å². The molecule has 0 bridgehead atoms. The van der Waals surface area contributed by atoms with Gasteiger partial charge in [0.25, 0.3) is 0 Å². The van der Waals surface area contributed by atoms with Gasteiger partial charge in [0.1, 0.15) is 0 Å². The van der Waals surface area contributed by atoms with E-state index in [1.807, 2.05) is 11.3 Å². The lowest BCUT2D eigenvalue weighted by molar-refractivity contribution is 0.258. The molecule has 2 heterocycles. The third kappa shape index (κ3) is 4.18. The van der Waals surface area contributed by atoms with Gasteiger partial charge < -0.3 is 15.1 Å². The second kappa shape index (κ2) is 7.56. The van der Waals surface area contributed by atoms with Gasteiger partial charge in [0.2, 0.25) is 0 Å². The minimum Gasteiger partial charge on any atom is -0.347 e. The molecule has 1 aliphatic heterocycles. The van der Waals surface area contributed by atoms with Gasteiger partial charge in [-0.15, -0.1) is 11.3 Å². The fourth-order valence-electron chi connectivity index (χ4n) is 2.93. The first-order valence-electron chi connectivity index (χ1n) is 8.15. The zero-order valence-electron chi connectivity index (χ0n) is 14.1. The van der Waals surface area contributed by atoms with Gasteiger partial charge in [0.15, 0.2) is 5.13 Å². The monoisotopic (exact) mass is 310 g/mol. The molecule has 4 nitrogen and oxygen atoms in total. The Labute approximate surface area is 133 Å². The molecule has 1 saturated heterocycles. The predicted octanol–water partition coefficient (Wildman–Crippen LogP) is 3.04. The highest BCUT2D eigenvalue weighted by Crippen LogP contribution is 2.32. The summed E-state index contributed by atoms with van der Waals surface area (Å²) in [5, 5.41) is 4.78. The second-order valence-corrected chi connectivity index (χ2v) is 7.34. The first kappa shape index (κ1) is 16.7. The number of nitrogens with zero attached hydrogens (tertiary/aromatic N) is 3. The van der Waals surface area contributed by atoms with Crippen molar-refractivity contribution >= 4 is 16.5 Å². The summed E-state index contributed by atoms with van der Waals surface area (Å²) in [4.78, 5) is 11.1. The van der Waals surface area contributed by atoms with Gasteiger partial charge in [-0.1, -0.05) is 6.92 Å². The normalized spacial score (nSPS) is 21.0. The highest BCUT2D eigenvalue weighted by Gasteiger charge is 2.24. The molecule has 1 N–H and O–H groups in total. The number of piperidine rings is 1. The first-order chi connectivity index (χ1) is 10.0. The molecule has 21 heavy (non-hydrogen) atoms. The molecule has 0 aromatic carbocycles. The van der Waals surface area contributed by atoms with Crippen molar-refractivity contribution in [2.45, 2.75) is 52.1 Å². The van der Waals surface area contributed by atoms with E-state index in [0.717, 1.165) is 19.6 Å². The van der Waals surface area contributed by atoms with Crippen molar-refractivity contribution in [1.82, 2.24) is 15.2 Å². The Bertz CT molecular complexity index is 443. The fraction of sp³-hybridized carbons (Fsp3) is 0.812. The molecule has 0 aliphatic carbocycles. The lowest BCUT2D eigenvalue weighted by Gasteiger charge is -2.36. The maximum absolute atomic E-state index is 4.84. The molecule has 1 aromatic rings. The van der Waals surface area contributed by atoms with E-state index in [4.69, 9.17) is 4.98 Å². The summed E-state index contributed by atoms with van der Waals surface area (Å²) in [6, 6.07) is 1.06. The van der Waals surface area contributed by atoms with Gasteiger partial charge in [-0.3, -0.25) is 0 Å². The fourth-order valence-corrected chi connectivity index (χ4v) is 4.06. The van der Waals surface area contributed by atoms with Crippen LogP contribution in [0.5, 0.6) is 0 Å². The summed E-state index contributed by atoms with van der Waals surface area (Å²) < 4.78 is 0. The van der Waals surface area contributed by atoms with Crippen molar-refractivity contribution in [3.63, 3.8) is 0 Å². The van der Waals surface area contributed by atoms with Crippen LogP contribution >= 0.6 is 11.3 Å². The summed E-state index contributed by atoms with van der Waals surface area (Å²) in [7, 11) is 4.37. The highest BCUT2D eigenvalue weighted by molar-refractivity contribution is 7.15.